The average Bonchev–Trinajstić information content (AvgIpc) is 2.24. The van der Waals surface area contributed by atoms with Gasteiger partial charge in [-0.1, -0.05) is 0 Å². The lowest BCUT2D eigenvalue weighted by Crippen LogP contribution is -2.18. The van der Waals surface area contributed by atoms with Gasteiger partial charge < -0.3 is 9.84 Å². The van der Waals surface area contributed by atoms with Gasteiger partial charge in [0, 0.05) is 0 Å². The van der Waals surface area contributed by atoms with Crippen molar-refractivity contribution in [3.05, 3.63) is 28.8 Å². The fraction of sp³-hybridized carbons (Fsp3) is 0.400. The number of ether oxygens (including phenoxy) is 1. The summed E-state index contributed by atoms with van der Waals surface area (Å²) >= 11 is 0. The number of rotatable bonds is 2. The SMILES string of the molecule is COc1cc(CO)cc(C(F)(F)F)c1C(F)(F)F. The van der Waals surface area contributed by atoms with Gasteiger partial charge in [0.25, 0.3) is 0 Å². The molecule has 0 aliphatic carbocycles. The number of methoxy groups -OCH3 is 1. The molecule has 1 aromatic carbocycles. The van der Waals surface area contributed by atoms with Gasteiger partial charge >= 0.3 is 12.4 Å². The van der Waals surface area contributed by atoms with Gasteiger partial charge in [0.2, 0.25) is 0 Å². The van der Waals surface area contributed by atoms with Crippen molar-refractivity contribution in [2.45, 2.75) is 19.0 Å². The van der Waals surface area contributed by atoms with Crippen molar-refractivity contribution < 1.29 is 36.2 Å². The Kier molecular flexibility index (Phi) is 3.80. The molecule has 0 saturated carbocycles. The fourth-order valence-electron chi connectivity index (χ4n) is 1.44. The van der Waals surface area contributed by atoms with Crippen LogP contribution in [-0.4, -0.2) is 12.2 Å². The second kappa shape index (κ2) is 4.68. The Balaban J connectivity index is 3.64. The van der Waals surface area contributed by atoms with Crippen LogP contribution in [0.5, 0.6) is 5.75 Å². The van der Waals surface area contributed by atoms with E-state index in [0.717, 1.165) is 13.2 Å². The van der Waals surface area contributed by atoms with Crippen LogP contribution in [0, 0.1) is 0 Å². The van der Waals surface area contributed by atoms with Crippen molar-refractivity contribution in [3.8, 4) is 5.75 Å². The molecule has 8 heteroatoms. The maximum Gasteiger partial charge on any atom is 0.420 e. The van der Waals surface area contributed by atoms with Gasteiger partial charge in [0.1, 0.15) is 11.3 Å². The zero-order chi connectivity index (χ0) is 14.1. The number of hydrogen-bond donors (Lipinski definition) is 1. The molecule has 0 radical (unpaired) electrons. The predicted octanol–water partition coefficient (Wildman–Crippen LogP) is 3.23. The van der Waals surface area contributed by atoms with E-state index in [1.807, 2.05) is 0 Å². The van der Waals surface area contributed by atoms with Crippen LogP contribution in [0.3, 0.4) is 0 Å². The summed E-state index contributed by atoms with van der Waals surface area (Å²) < 4.78 is 79.9. The molecule has 0 aliphatic heterocycles. The molecule has 0 heterocycles. The highest BCUT2D eigenvalue weighted by molar-refractivity contribution is 5.47. The third-order valence-electron chi connectivity index (χ3n) is 2.15. The van der Waals surface area contributed by atoms with Gasteiger partial charge in [-0.25, -0.2) is 0 Å². The molecular formula is C10H8F6O2. The van der Waals surface area contributed by atoms with Crippen LogP contribution >= 0.6 is 0 Å². The van der Waals surface area contributed by atoms with Crippen LogP contribution in [0.1, 0.15) is 16.7 Å². The molecule has 0 unspecified atom stereocenters. The minimum atomic E-state index is -5.20. The largest absolute Gasteiger partial charge is 0.496 e. The number of aliphatic hydroxyl groups is 1. The van der Waals surface area contributed by atoms with Crippen LogP contribution in [0.25, 0.3) is 0 Å². The van der Waals surface area contributed by atoms with E-state index in [9.17, 15) is 26.3 Å². The van der Waals surface area contributed by atoms with E-state index in [1.54, 1.807) is 0 Å². The second-order valence-corrected chi connectivity index (χ2v) is 3.37. The summed E-state index contributed by atoms with van der Waals surface area (Å²) in [6.07, 6.45) is -10.4. The Morgan fingerprint density at radius 3 is 1.94 bits per heavy atom. The van der Waals surface area contributed by atoms with E-state index in [0.29, 0.717) is 0 Å². The monoisotopic (exact) mass is 274 g/mol. The first-order valence-electron chi connectivity index (χ1n) is 4.57. The van der Waals surface area contributed by atoms with E-state index in [-0.39, 0.29) is 11.6 Å². The molecule has 0 fully saturated rings. The molecule has 0 amide bonds. The van der Waals surface area contributed by atoms with E-state index in [2.05, 4.69) is 4.74 Å². The lowest BCUT2D eigenvalue weighted by Gasteiger charge is -2.19. The number of benzene rings is 1. The van der Waals surface area contributed by atoms with Crippen LogP contribution in [-0.2, 0) is 19.0 Å². The van der Waals surface area contributed by atoms with Crippen molar-refractivity contribution >= 4 is 0 Å². The number of alkyl halides is 6. The summed E-state index contributed by atoms with van der Waals surface area (Å²) in [5.41, 5.74) is -4.08. The van der Waals surface area contributed by atoms with Crippen molar-refractivity contribution in [1.29, 1.82) is 0 Å². The summed E-state index contributed by atoms with van der Waals surface area (Å²) in [6.45, 7) is -0.822. The summed E-state index contributed by atoms with van der Waals surface area (Å²) in [5.74, 6) is -0.971. The Labute approximate surface area is 97.8 Å². The standard InChI is InChI=1S/C10H8F6O2/c1-18-7-3-5(4-17)2-6(9(11,12)13)8(7)10(14,15)16/h2-3,17H,4H2,1H3. The third kappa shape index (κ3) is 2.87. The van der Waals surface area contributed by atoms with Gasteiger partial charge in [-0.2, -0.15) is 26.3 Å². The lowest BCUT2D eigenvalue weighted by molar-refractivity contribution is -0.163. The summed E-state index contributed by atoms with van der Waals surface area (Å²) in [5, 5.41) is 8.74. The molecular weight excluding hydrogens is 266 g/mol. The number of aliphatic hydroxyl groups excluding tert-OH is 1. The average molecular weight is 274 g/mol. The van der Waals surface area contributed by atoms with Crippen LogP contribution in [0.15, 0.2) is 12.1 Å². The highest BCUT2D eigenvalue weighted by Crippen LogP contribution is 2.45. The zero-order valence-corrected chi connectivity index (χ0v) is 8.99. The summed E-state index contributed by atoms with van der Waals surface area (Å²) in [4.78, 5) is 0. The minimum Gasteiger partial charge on any atom is -0.496 e. The second-order valence-electron chi connectivity index (χ2n) is 3.37. The molecule has 1 rings (SSSR count). The van der Waals surface area contributed by atoms with Crippen molar-refractivity contribution in [2.24, 2.45) is 0 Å². The number of halogens is 6. The van der Waals surface area contributed by atoms with Gasteiger partial charge in [-0.15, -0.1) is 0 Å². The smallest absolute Gasteiger partial charge is 0.420 e. The Morgan fingerprint density at radius 1 is 1.06 bits per heavy atom. The van der Waals surface area contributed by atoms with E-state index in [1.165, 1.54) is 0 Å². The molecule has 0 aromatic heterocycles. The van der Waals surface area contributed by atoms with E-state index >= 15 is 0 Å². The van der Waals surface area contributed by atoms with Gasteiger partial charge in [0.15, 0.2) is 0 Å². The molecule has 0 atom stereocenters. The molecule has 1 aromatic rings. The molecule has 0 bridgehead atoms. The first kappa shape index (κ1) is 14.6. The Bertz CT molecular complexity index is 435. The van der Waals surface area contributed by atoms with Crippen molar-refractivity contribution in [1.82, 2.24) is 0 Å². The highest BCUT2D eigenvalue weighted by atomic mass is 19.4. The molecule has 102 valence electrons. The van der Waals surface area contributed by atoms with E-state index < -0.39 is 35.8 Å². The normalized spacial score (nSPS) is 12.7. The quantitative estimate of drug-likeness (QED) is 0.839. The molecule has 0 spiro atoms. The van der Waals surface area contributed by atoms with Gasteiger partial charge in [0.05, 0.1) is 19.3 Å². The zero-order valence-electron chi connectivity index (χ0n) is 8.99. The summed E-state index contributed by atoms with van der Waals surface area (Å²) in [7, 11) is 0.825. The maximum atomic E-state index is 12.6. The first-order chi connectivity index (χ1) is 8.11. The van der Waals surface area contributed by atoms with Crippen LogP contribution in [0.4, 0.5) is 26.3 Å². The maximum absolute atomic E-state index is 12.6. The van der Waals surface area contributed by atoms with Gasteiger partial charge in [-0.3, -0.25) is 0 Å². The van der Waals surface area contributed by atoms with E-state index in [4.69, 9.17) is 5.11 Å². The Hall–Kier alpha value is -1.44. The third-order valence-corrected chi connectivity index (χ3v) is 2.15. The Morgan fingerprint density at radius 2 is 1.61 bits per heavy atom. The fourth-order valence-corrected chi connectivity index (χ4v) is 1.44. The topological polar surface area (TPSA) is 29.5 Å². The highest BCUT2D eigenvalue weighted by Gasteiger charge is 2.45. The molecule has 2 nitrogen and oxygen atoms in total. The number of hydrogen-bond acceptors (Lipinski definition) is 2. The minimum absolute atomic E-state index is 0.255. The predicted molar refractivity (Wildman–Crippen MR) is 48.9 cm³/mol. The molecule has 0 saturated heterocycles. The van der Waals surface area contributed by atoms with Crippen molar-refractivity contribution in [3.63, 3.8) is 0 Å². The van der Waals surface area contributed by atoms with Crippen LogP contribution < -0.4 is 4.74 Å². The summed E-state index contributed by atoms with van der Waals surface area (Å²) in [6, 6.07) is 0.976. The van der Waals surface area contributed by atoms with Crippen LogP contribution in [0.2, 0.25) is 0 Å². The molecule has 18 heavy (non-hydrogen) atoms. The van der Waals surface area contributed by atoms with Gasteiger partial charge in [-0.05, 0) is 17.7 Å². The first-order valence-corrected chi connectivity index (χ1v) is 4.57. The molecule has 1 N–H and O–H groups in total. The van der Waals surface area contributed by atoms with Crippen molar-refractivity contribution in [2.75, 3.05) is 7.11 Å². The molecule has 0 aliphatic rings. The lowest BCUT2D eigenvalue weighted by atomic mass is 10.0.